The summed E-state index contributed by atoms with van der Waals surface area (Å²) in [7, 11) is 0. The molecule has 0 unspecified atom stereocenters. The van der Waals surface area contributed by atoms with Gasteiger partial charge in [-0.1, -0.05) is 38.0 Å². The van der Waals surface area contributed by atoms with Crippen molar-refractivity contribution in [3.63, 3.8) is 0 Å². The van der Waals surface area contributed by atoms with Crippen molar-refractivity contribution in [2.24, 2.45) is 0 Å². The van der Waals surface area contributed by atoms with Gasteiger partial charge in [0.2, 0.25) is 0 Å². The number of hydrogen-bond acceptors (Lipinski definition) is 4. The molecular formula is C20H22N2O3. The Morgan fingerprint density at radius 2 is 1.84 bits per heavy atom. The molecule has 0 radical (unpaired) electrons. The van der Waals surface area contributed by atoms with Crippen LogP contribution in [-0.4, -0.2) is 27.1 Å². The van der Waals surface area contributed by atoms with Crippen LogP contribution in [0.3, 0.4) is 0 Å². The molecule has 1 aromatic heterocycles. The fourth-order valence-electron chi connectivity index (χ4n) is 3.27. The zero-order valence-electron chi connectivity index (χ0n) is 14.1. The van der Waals surface area contributed by atoms with Gasteiger partial charge in [-0.05, 0) is 42.7 Å². The van der Waals surface area contributed by atoms with Gasteiger partial charge < -0.3 is 10.2 Å². The van der Waals surface area contributed by atoms with Crippen LogP contribution in [0.5, 0.6) is 11.5 Å². The van der Waals surface area contributed by atoms with Crippen molar-refractivity contribution in [3.05, 3.63) is 54.7 Å². The molecule has 5 heteroatoms. The van der Waals surface area contributed by atoms with Gasteiger partial charge in [-0.15, -0.1) is 0 Å². The highest BCUT2D eigenvalue weighted by Gasteiger charge is 2.29. The summed E-state index contributed by atoms with van der Waals surface area (Å²) in [6, 6.07) is 9.89. The number of aromatic hydroxyl groups is 2. The quantitative estimate of drug-likeness (QED) is 0.655. The number of carbonyl (C=O) groups is 1. The van der Waals surface area contributed by atoms with E-state index in [1.807, 2.05) is 18.2 Å². The Hall–Kier alpha value is -2.82. The first-order chi connectivity index (χ1) is 12.1. The van der Waals surface area contributed by atoms with E-state index in [0.717, 1.165) is 25.7 Å². The summed E-state index contributed by atoms with van der Waals surface area (Å²) in [5, 5.41) is 19.2. The number of aromatic nitrogens is 1. The number of nitrogens with zero attached hydrogens (tertiary/aromatic N) is 2. The topological polar surface area (TPSA) is 73.7 Å². The predicted octanol–water partition coefficient (Wildman–Crippen LogP) is 3.87. The second kappa shape index (κ2) is 7.38. The lowest BCUT2D eigenvalue weighted by atomic mass is 9.93. The maximum atomic E-state index is 13.2. The van der Waals surface area contributed by atoms with Crippen molar-refractivity contribution in [3.8, 4) is 11.5 Å². The van der Waals surface area contributed by atoms with E-state index in [4.69, 9.17) is 0 Å². The Labute approximate surface area is 147 Å². The molecule has 2 aromatic rings. The molecule has 1 aromatic carbocycles. The van der Waals surface area contributed by atoms with Crippen molar-refractivity contribution >= 4 is 17.3 Å². The van der Waals surface area contributed by atoms with Gasteiger partial charge in [-0.3, -0.25) is 9.69 Å². The minimum Gasteiger partial charge on any atom is -0.504 e. The van der Waals surface area contributed by atoms with E-state index in [9.17, 15) is 15.0 Å². The van der Waals surface area contributed by atoms with E-state index in [0.29, 0.717) is 11.4 Å². The number of carbonyl (C=O) groups excluding carboxylic acids is 1. The van der Waals surface area contributed by atoms with Gasteiger partial charge in [0, 0.05) is 17.8 Å². The lowest BCUT2D eigenvalue weighted by Crippen LogP contribution is -2.42. The smallest absolute Gasteiger partial charge is 0.259 e. The van der Waals surface area contributed by atoms with Crippen LogP contribution in [0.2, 0.25) is 0 Å². The first-order valence-corrected chi connectivity index (χ1v) is 8.54. The van der Waals surface area contributed by atoms with E-state index in [1.54, 1.807) is 17.2 Å². The third-order valence-electron chi connectivity index (χ3n) is 4.64. The van der Waals surface area contributed by atoms with Crippen LogP contribution in [0, 0.1) is 0 Å². The summed E-state index contributed by atoms with van der Waals surface area (Å²) in [5.41, 5.74) is 0.753. The summed E-state index contributed by atoms with van der Waals surface area (Å²) in [5.74, 6) is -0.106. The van der Waals surface area contributed by atoms with Crippen LogP contribution in [0.25, 0.3) is 5.57 Å². The van der Waals surface area contributed by atoms with Crippen molar-refractivity contribution in [1.82, 2.24) is 4.98 Å². The molecule has 0 atom stereocenters. The van der Waals surface area contributed by atoms with Crippen LogP contribution in [-0.2, 0) is 4.79 Å². The Kier molecular flexibility index (Phi) is 5.03. The van der Waals surface area contributed by atoms with Gasteiger partial charge >= 0.3 is 0 Å². The molecule has 2 N–H and O–H groups in total. The average molecular weight is 338 g/mol. The third kappa shape index (κ3) is 3.65. The van der Waals surface area contributed by atoms with Gasteiger partial charge in [0.05, 0.1) is 0 Å². The van der Waals surface area contributed by atoms with E-state index in [2.05, 4.69) is 11.6 Å². The van der Waals surface area contributed by atoms with E-state index in [-0.39, 0.29) is 29.0 Å². The molecule has 1 heterocycles. The monoisotopic (exact) mass is 338 g/mol. The minimum atomic E-state index is -0.270. The standard InChI is InChI=1S/C20H22N2O3/c1-14(15-10-11-17(23)18(24)13-15)20(25)22(16-7-3-2-4-8-16)19-9-5-6-12-21-19/h5-6,9-13,16,23-24H,1-4,7-8H2. The van der Waals surface area contributed by atoms with Crippen LogP contribution in [0.4, 0.5) is 5.82 Å². The van der Waals surface area contributed by atoms with Gasteiger partial charge in [0.1, 0.15) is 5.82 Å². The maximum absolute atomic E-state index is 13.2. The molecule has 1 amide bonds. The zero-order chi connectivity index (χ0) is 17.8. The molecule has 1 aliphatic carbocycles. The number of anilines is 1. The lowest BCUT2D eigenvalue weighted by Gasteiger charge is -2.34. The van der Waals surface area contributed by atoms with Crippen LogP contribution in [0.1, 0.15) is 37.7 Å². The van der Waals surface area contributed by atoms with Gasteiger partial charge in [0.25, 0.3) is 5.91 Å². The van der Waals surface area contributed by atoms with E-state index in [1.165, 1.54) is 18.6 Å². The van der Waals surface area contributed by atoms with Crippen molar-refractivity contribution in [1.29, 1.82) is 0 Å². The highest BCUT2D eigenvalue weighted by atomic mass is 16.3. The highest BCUT2D eigenvalue weighted by molar-refractivity contribution is 6.25. The number of amides is 1. The van der Waals surface area contributed by atoms with Crippen LogP contribution >= 0.6 is 0 Å². The number of benzene rings is 1. The third-order valence-corrected chi connectivity index (χ3v) is 4.64. The van der Waals surface area contributed by atoms with Crippen molar-refractivity contribution in [2.45, 2.75) is 38.1 Å². The molecule has 1 saturated carbocycles. The molecule has 1 fully saturated rings. The summed E-state index contributed by atoms with van der Waals surface area (Å²) in [6.45, 7) is 3.93. The molecule has 25 heavy (non-hydrogen) atoms. The number of rotatable bonds is 4. The van der Waals surface area contributed by atoms with E-state index >= 15 is 0 Å². The molecule has 5 nitrogen and oxygen atoms in total. The number of phenols is 2. The van der Waals surface area contributed by atoms with Gasteiger partial charge in [-0.25, -0.2) is 4.98 Å². The van der Waals surface area contributed by atoms with Crippen molar-refractivity contribution in [2.75, 3.05) is 4.90 Å². The number of pyridine rings is 1. The highest BCUT2D eigenvalue weighted by Crippen LogP contribution is 2.32. The Balaban J connectivity index is 1.92. The number of hydrogen-bond donors (Lipinski definition) is 2. The lowest BCUT2D eigenvalue weighted by molar-refractivity contribution is -0.114. The Bertz CT molecular complexity index is 768. The normalized spacial score (nSPS) is 14.9. The SMILES string of the molecule is C=C(C(=O)N(c1ccccn1)C1CCCCC1)c1ccc(O)c(O)c1. The molecule has 3 rings (SSSR count). The summed E-state index contributed by atoms with van der Waals surface area (Å²) >= 11 is 0. The Morgan fingerprint density at radius 3 is 2.48 bits per heavy atom. The molecule has 0 aliphatic heterocycles. The molecule has 130 valence electrons. The zero-order valence-corrected chi connectivity index (χ0v) is 14.1. The fourth-order valence-corrected chi connectivity index (χ4v) is 3.27. The largest absolute Gasteiger partial charge is 0.504 e. The average Bonchev–Trinajstić information content (AvgIpc) is 2.65. The Morgan fingerprint density at radius 1 is 1.08 bits per heavy atom. The second-order valence-electron chi connectivity index (χ2n) is 6.34. The summed E-state index contributed by atoms with van der Waals surface area (Å²) in [4.78, 5) is 19.3. The van der Waals surface area contributed by atoms with Crippen molar-refractivity contribution < 1.29 is 15.0 Å². The molecule has 0 bridgehead atoms. The first kappa shape index (κ1) is 17.0. The summed E-state index contributed by atoms with van der Waals surface area (Å²) < 4.78 is 0. The van der Waals surface area contributed by atoms with Gasteiger partial charge in [0.15, 0.2) is 11.5 Å². The van der Waals surface area contributed by atoms with Gasteiger partial charge in [-0.2, -0.15) is 0 Å². The molecule has 1 aliphatic rings. The predicted molar refractivity (Wildman–Crippen MR) is 97.4 cm³/mol. The fraction of sp³-hybridized carbons (Fsp3) is 0.300. The van der Waals surface area contributed by atoms with Crippen LogP contribution in [0.15, 0.2) is 49.2 Å². The molecule has 0 saturated heterocycles. The van der Waals surface area contributed by atoms with E-state index < -0.39 is 0 Å². The number of phenolic OH excluding ortho intramolecular Hbond substituents is 2. The summed E-state index contributed by atoms with van der Waals surface area (Å²) in [6.07, 6.45) is 6.93. The minimum absolute atomic E-state index is 0.0959. The second-order valence-corrected chi connectivity index (χ2v) is 6.34. The molecular weight excluding hydrogens is 316 g/mol. The maximum Gasteiger partial charge on any atom is 0.259 e. The molecule has 0 spiro atoms. The first-order valence-electron chi connectivity index (χ1n) is 8.54. The van der Waals surface area contributed by atoms with Crippen LogP contribution < -0.4 is 4.90 Å².